The van der Waals surface area contributed by atoms with Crippen LogP contribution in [0.5, 0.6) is 0 Å². The van der Waals surface area contributed by atoms with Gasteiger partial charge < -0.3 is 14.6 Å². The number of carbonyl (C=O) groups is 2. The van der Waals surface area contributed by atoms with Gasteiger partial charge in [-0.15, -0.1) is 0 Å². The van der Waals surface area contributed by atoms with Crippen molar-refractivity contribution in [3.8, 4) is 0 Å². The lowest BCUT2D eigenvalue weighted by molar-refractivity contribution is 0.0971. The molecule has 29 heavy (non-hydrogen) atoms. The minimum Gasteiger partial charge on any atom is -0.459 e. The largest absolute Gasteiger partial charge is 0.459 e. The van der Waals surface area contributed by atoms with Crippen LogP contribution in [0.4, 0.5) is 11.4 Å². The summed E-state index contributed by atoms with van der Waals surface area (Å²) in [7, 11) is 0. The number of nitrogens with one attached hydrogen (secondary N) is 1. The van der Waals surface area contributed by atoms with Crippen molar-refractivity contribution in [2.24, 2.45) is 0 Å². The zero-order valence-electron chi connectivity index (χ0n) is 15.8. The van der Waals surface area contributed by atoms with E-state index in [-0.39, 0.29) is 23.6 Å². The van der Waals surface area contributed by atoms with E-state index in [2.05, 4.69) is 5.32 Å². The number of anilines is 2. The van der Waals surface area contributed by atoms with Crippen molar-refractivity contribution in [1.82, 2.24) is 0 Å². The van der Waals surface area contributed by atoms with Gasteiger partial charge in [-0.3, -0.25) is 9.59 Å². The molecule has 146 valence electrons. The van der Waals surface area contributed by atoms with E-state index >= 15 is 0 Å². The molecule has 5 nitrogen and oxygen atoms in total. The normalized spacial score (nSPS) is 16.3. The molecule has 0 spiro atoms. The van der Waals surface area contributed by atoms with E-state index in [0.717, 1.165) is 46.7 Å². The van der Waals surface area contributed by atoms with Crippen LogP contribution in [0.15, 0.2) is 75.1 Å². The van der Waals surface area contributed by atoms with Gasteiger partial charge in [0.25, 0.3) is 11.8 Å². The maximum atomic E-state index is 13.4. The number of rotatable bonds is 3. The van der Waals surface area contributed by atoms with Gasteiger partial charge in [0.15, 0.2) is 5.76 Å². The Morgan fingerprint density at radius 3 is 2.66 bits per heavy atom. The Kier molecular flexibility index (Phi) is 4.64. The first kappa shape index (κ1) is 18.1. The minimum absolute atomic E-state index is 0.0612. The highest BCUT2D eigenvalue weighted by Crippen LogP contribution is 2.44. The van der Waals surface area contributed by atoms with Crippen molar-refractivity contribution in [3.05, 3.63) is 72.2 Å². The summed E-state index contributed by atoms with van der Waals surface area (Å²) in [5, 5.41) is 2.88. The number of hydrogen-bond acceptors (Lipinski definition) is 4. The minimum atomic E-state index is -0.294. The summed E-state index contributed by atoms with van der Waals surface area (Å²) in [6.45, 7) is 0. The molecular formula is C23H20N2O3S. The predicted molar refractivity (Wildman–Crippen MR) is 113 cm³/mol. The van der Waals surface area contributed by atoms with Gasteiger partial charge in [-0.2, -0.15) is 0 Å². The molecule has 5 rings (SSSR count). The van der Waals surface area contributed by atoms with Gasteiger partial charge in [0.05, 0.1) is 17.5 Å². The molecule has 3 aromatic rings. The molecule has 0 bridgehead atoms. The van der Waals surface area contributed by atoms with Gasteiger partial charge in [-0.1, -0.05) is 36.7 Å². The monoisotopic (exact) mass is 404 g/mol. The van der Waals surface area contributed by atoms with E-state index in [9.17, 15) is 9.59 Å². The number of hydrogen-bond donors (Lipinski definition) is 1. The molecule has 1 aliphatic heterocycles. The first-order valence-electron chi connectivity index (χ1n) is 9.80. The molecule has 2 heterocycles. The average molecular weight is 404 g/mol. The molecule has 0 radical (unpaired) electrons. The Morgan fingerprint density at radius 2 is 1.86 bits per heavy atom. The standard InChI is InChI=1S/C23H20N2O3S/c26-22(19-9-5-13-28-19)24-15-11-12-18-21(14-15)29-20-10-4-3-8-17(20)23(27)25(18)16-6-1-2-7-16/h3-5,8-14,16H,1-2,6-7H2,(H,24,26). The van der Waals surface area contributed by atoms with Gasteiger partial charge in [0.1, 0.15) is 0 Å². The summed E-state index contributed by atoms with van der Waals surface area (Å²) in [5.74, 6) is 0.0320. The number of amides is 2. The van der Waals surface area contributed by atoms with E-state index in [1.165, 1.54) is 6.26 Å². The summed E-state index contributed by atoms with van der Waals surface area (Å²) < 4.78 is 5.18. The fourth-order valence-corrected chi connectivity index (χ4v) is 5.19. The SMILES string of the molecule is O=C(Nc1ccc2c(c1)Sc1ccccc1C(=O)N2C1CCCC1)c1ccco1. The molecule has 0 saturated heterocycles. The number of carbonyl (C=O) groups excluding carboxylic acids is 2. The van der Waals surface area contributed by atoms with E-state index in [4.69, 9.17) is 4.42 Å². The van der Waals surface area contributed by atoms with Crippen LogP contribution >= 0.6 is 11.8 Å². The van der Waals surface area contributed by atoms with Gasteiger partial charge in [-0.05, 0) is 55.3 Å². The third kappa shape index (κ3) is 3.34. The summed E-state index contributed by atoms with van der Waals surface area (Å²) in [5.41, 5.74) is 2.33. The molecule has 2 aliphatic rings. The van der Waals surface area contributed by atoms with Crippen LogP contribution in [-0.2, 0) is 0 Å². The van der Waals surface area contributed by atoms with Crippen LogP contribution in [0.3, 0.4) is 0 Å². The van der Waals surface area contributed by atoms with Crippen LogP contribution in [0.25, 0.3) is 0 Å². The van der Waals surface area contributed by atoms with Crippen LogP contribution < -0.4 is 10.2 Å². The van der Waals surface area contributed by atoms with E-state index in [1.54, 1.807) is 23.9 Å². The Labute approximate surface area is 173 Å². The number of nitrogens with zero attached hydrogens (tertiary/aromatic N) is 1. The molecule has 0 unspecified atom stereocenters. The molecule has 1 N–H and O–H groups in total. The highest BCUT2D eigenvalue weighted by Gasteiger charge is 2.34. The van der Waals surface area contributed by atoms with Crippen LogP contribution in [0, 0.1) is 0 Å². The summed E-state index contributed by atoms with van der Waals surface area (Å²) in [6.07, 6.45) is 5.82. The molecule has 0 atom stereocenters. The van der Waals surface area contributed by atoms with Crippen molar-refractivity contribution < 1.29 is 14.0 Å². The van der Waals surface area contributed by atoms with Gasteiger partial charge >= 0.3 is 0 Å². The topological polar surface area (TPSA) is 62.6 Å². The van der Waals surface area contributed by atoms with E-state index in [1.807, 2.05) is 47.4 Å². The van der Waals surface area contributed by atoms with Crippen LogP contribution in [0.1, 0.15) is 46.6 Å². The van der Waals surface area contributed by atoms with E-state index in [0.29, 0.717) is 5.69 Å². The molecule has 2 aromatic carbocycles. The van der Waals surface area contributed by atoms with Gasteiger partial charge in [-0.25, -0.2) is 0 Å². The van der Waals surface area contributed by atoms with Crippen LogP contribution in [0.2, 0.25) is 0 Å². The Hall–Kier alpha value is -2.99. The van der Waals surface area contributed by atoms with E-state index < -0.39 is 0 Å². The average Bonchev–Trinajstić information content (AvgIpc) is 3.43. The summed E-state index contributed by atoms with van der Waals surface area (Å²) in [6, 6.07) is 17.0. The molecule has 1 aliphatic carbocycles. The van der Waals surface area contributed by atoms with Crippen molar-refractivity contribution in [3.63, 3.8) is 0 Å². The lowest BCUT2D eigenvalue weighted by Crippen LogP contribution is -2.39. The highest BCUT2D eigenvalue weighted by atomic mass is 32.2. The quantitative estimate of drug-likeness (QED) is 0.618. The third-order valence-corrected chi connectivity index (χ3v) is 6.59. The second kappa shape index (κ2) is 7.44. The zero-order valence-corrected chi connectivity index (χ0v) is 16.6. The molecular weight excluding hydrogens is 384 g/mol. The number of furan rings is 1. The lowest BCUT2D eigenvalue weighted by atomic mass is 10.1. The molecule has 1 aromatic heterocycles. The zero-order chi connectivity index (χ0) is 19.8. The Morgan fingerprint density at radius 1 is 1.03 bits per heavy atom. The first-order valence-corrected chi connectivity index (χ1v) is 10.6. The number of fused-ring (bicyclic) bond motifs is 2. The molecule has 2 amide bonds. The fraction of sp³-hybridized carbons (Fsp3) is 0.217. The maximum absolute atomic E-state index is 13.4. The van der Waals surface area contributed by atoms with Crippen molar-refractivity contribution in [2.45, 2.75) is 41.5 Å². The lowest BCUT2D eigenvalue weighted by Gasteiger charge is -2.29. The second-order valence-corrected chi connectivity index (χ2v) is 8.41. The first-order chi connectivity index (χ1) is 14.2. The predicted octanol–water partition coefficient (Wildman–Crippen LogP) is 5.59. The van der Waals surface area contributed by atoms with Crippen molar-refractivity contribution in [1.29, 1.82) is 0 Å². The Balaban J connectivity index is 1.55. The molecule has 6 heteroatoms. The summed E-state index contributed by atoms with van der Waals surface area (Å²) >= 11 is 1.57. The summed E-state index contributed by atoms with van der Waals surface area (Å²) in [4.78, 5) is 29.7. The van der Waals surface area contributed by atoms with Crippen molar-refractivity contribution in [2.75, 3.05) is 10.2 Å². The van der Waals surface area contributed by atoms with Crippen LogP contribution in [-0.4, -0.2) is 17.9 Å². The third-order valence-electron chi connectivity index (χ3n) is 5.47. The Bertz CT molecular complexity index is 1070. The maximum Gasteiger partial charge on any atom is 0.291 e. The van der Waals surface area contributed by atoms with Gasteiger partial charge in [0, 0.05) is 21.5 Å². The fourth-order valence-electron chi connectivity index (χ4n) is 4.09. The van der Waals surface area contributed by atoms with Crippen molar-refractivity contribution >= 4 is 35.0 Å². The smallest absolute Gasteiger partial charge is 0.291 e. The van der Waals surface area contributed by atoms with Gasteiger partial charge in [0.2, 0.25) is 0 Å². The molecule has 1 saturated carbocycles. The number of benzene rings is 2. The highest BCUT2D eigenvalue weighted by molar-refractivity contribution is 7.99. The molecule has 1 fully saturated rings. The second-order valence-electron chi connectivity index (χ2n) is 7.33.